The molecule has 4 aliphatic rings. The number of benzene rings is 6. The Morgan fingerprint density at radius 3 is 2.02 bits per heavy atom. The van der Waals surface area contributed by atoms with E-state index in [2.05, 4.69) is 68.8 Å². The van der Waals surface area contributed by atoms with Gasteiger partial charge in [-0.05, 0) is 209 Å². The zero-order chi connectivity index (χ0) is 68.9. The van der Waals surface area contributed by atoms with Gasteiger partial charge in [0.25, 0.3) is 0 Å². The van der Waals surface area contributed by atoms with Crippen LogP contribution in [0.1, 0.15) is 204 Å². The molecule has 0 spiro atoms. The fourth-order valence-corrected chi connectivity index (χ4v) is 13.9. The Bertz CT molecular complexity index is 4340. The summed E-state index contributed by atoms with van der Waals surface area (Å²) in [6.45, 7) is 17.4. The maximum atomic E-state index is 13.7. The van der Waals surface area contributed by atoms with Crippen molar-refractivity contribution in [3.8, 4) is 57.3 Å². The average molecular weight is 1330 g/mol. The predicted molar refractivity (Wildman–Crippen MR) is 387 cm³/mol. The minimum atomic E-state index is -0.289. The van der Waals surface area contributed by atoms with E-state index in [1.54, 1.807) is 34.1 Å². The molecule has 0 saturated carbocycles. The number of rotatable bonds is 28. The smallest absolute Gasteiger partial charge is 0.338 e. The largest absolute Gasteiger partial charge is 0.508 e. The van der Waals surface area contributed by atoms with Crippen LogP contribution in [0.3, 0.4) is 0 Å². The summed E-state index contributed by atoms with van der Waals surface area (Å²) >= 11 is 0. The minimum Gasteiger partial charge on any atom is -0.508 e. The standard InChI is InChI=1S/C46H56O5.C37H40NO8.CH4/c1-7-19-34-28-42-39(25-30(34)3)44(40-26-31(4)35(20-8-2)29-43(40)51-42)37-22-16-17-23-38(37)46(49)50-24-18-14-12-10-9-11-13-15-21-36-27-41(47)32(5)33(6)45(36)48;1-22-23(2)36(41)25(16-30(22)39)10-8-6-5-7-9-15-44-34(40)19-28-26-11-12-31(42-3)37(43-4)29(26)20-38-14-13-24-17-32-33(46-21-45-32)18-27(24)35(28)38;/h16-17,19,22-23,25-29,47-48H,7-15,18,20-21,24H2,1-6H3;11-12,16-18,20H,5-10,13-15,19,21H2,1-4H3;1H4/q;+1;/b34-19-;;. The first-order chi connectivity index (χ1) is 46.9. The van der Waals surface area contributed by atoms with Crippen LogP contribution in [0.4, 0.5) is 0 Å². The van der Waals surface area contributed by atoms with Gasteiger partial charge in [-0.25, -0.2) is 4.79 Å². The molecule has 7 aromatic rings. The molecule has 0 fully saturated rings. The van der Waals surface area contributed by atoms with E-state index in [1.165, 1.54) is 34.4 Å². The number of methoxy groups -OCH3 is 2. The van der Waals surface area contributed by atoms with Crippen LogP contribution in [0.15, 0.2) is 108 Å². The van der Waals surface area contributed by atoms with E-state index in [0.717, 1.165) is 205 Å². The third kappa shape index (κ3) is 16.5. The molecule has 14 heteroatoms. The molecule has 0 amide bonds. The number of carbonyl (C=O) groups excluding carboxylic acids is 4. The summed E-state index contributed by atoms with van der Waals surface area (Å²) in [6, 6.07) is 26.2. The van der Waals surface area contributed by atoms with Crippen molar-refractivity contribution in [1.82, 2.24) is 0 Å². The first-order valence-corrected chi connectivity index (χ1v) is 35.0. The highest BCUT2D eigenvalue weighted by Crippen LogP contribution is 2.45. The topological polar surface area (TPSA) is 177 Å². The Balaban J connectivity index is 0.000000228. The molecule has 3 aliphatic heterocycles. The van der Waals surface area contributed by atoms with Gasteiger partial charge in [0, 0.05) is 50.4 Å². The van der Waals surface area contributed by atoms with Crippen LogP contribution in [0.25, 0.3) is 33.7 Å². The van der Waals surface area contributed by atoms with Crippen LogP contribution in [0, 0.1) is 27.7 Å². The molecule has 11 rings (SSSR count). The van der Waals surface area contributed by atoms with E-state index in [0.29, 0.717) is 64.9 Å². The number of unbranched alkanes of at least 4 members (excludes halogenated alkanes) is 11. The van der Waals surface area contributed by atoms with Crippen LogP contribution >= 0.6 is 0 Å². The van der Waals surface area contributed by atoms with Crippen molar-refractivity contribution >= 4 is 45.9 Å². The lowest BCUT2D eigenvalue weighted by molar-refractivity contribution is -0.686. The molecule has 0 unspecified atom stereocenters. The van der Waals surface area contributed by atoms with Crippen LogP contribution in [-0.2, 0) is 56.1 Å². The minimum absolute atomic E-state index is 0. The monoisotopic (exact) mass is 1330 g/mol. The number of pyridine rings is 1. The molecule has 0 radical (unpaired) electrons. The van der Waals surface area contributed by atoms with Crippen molar-refractivity contribution in [3.05, 3.63) is 179 Å². The highest BCUT2D eigenvalue weighted by atomic mass is 16.7. The van der Waals surface area contributed by atoms with Gasteiger partial charge in [0.15, 0.2) is 47.3 Å². The van der Waals surface area contributed by atoms with Gasteiger partial charge in [0.05, 0.1) is 50.4 Å². The van der Waals surface area contributed by atoms with Gasteiger partial charge in [-0.3, -0.25) is 14.4 Å². The number of fused-ring (bicyclic) bond motifs is 7. The third-order valence-electron chi connectivity index (χ3n) is 19.7. The maximum Gasteiger partial charge on any atom is 0.338 e. The number of hydrogen-bond acceptors (Lipinski definition) is 13. The number of carbonyl (C=O) groups is 4. The second kappa shape index (κ2) is 33.9. The summed E-state index contributed by atoms with van der Waals surface area (Å²) in [5.74, 6) is 4.28. The molecule has 0 atom stereocenters. The van der Waals surface area contributed by atoms with E-state index in [4.69, 9.17) is 33.2 Å². The van der Waals surface area contributed by atoms with Gasteiger partial charge in [0.2, 0.25) is 12.5 Å². The fourth-order valence-electron chi connectivity index (χ4n) is 13.9. The summed E-state index contributed by atoms with van der Waals surface area (Å²) in [6.07, 6.45) is 24.0. The normalized spacial score (nSPS) is 13.6. The third-order valence-corrected chi connectivity index (χ3v) is 19.7. The zero-order valence-electron chi connectivity index (χ0n) is 58.5. The fraction of sp³-hybridized carbons (Fsp3) is 0.417. The predicted octanol–water partition coefficient (Wildman–Crippen LogP) is 16.9. The molecular weight excluding hydrogens is 1230 g/mol. The second-order valence-corrected chi connectivity index (χ2v) is 26.3. The number of allylic oxidation sites excluding steroid dienone is 4. The first-order valence-electron chi connectivity index (χ1n) is 35.0. The number of aromatic hydroxyl groups is 2. The SMILES string of the molecule is C.CC/C=c1/cc2c(cc1C)=C(c1ccccc1C(=O)OCCCCCCCCCCc1cc(O)c(C)c(C)c1O)c1cc(C)c(CCC)cc1O2.COc1ccc2c(CC(=O)OCCCCCCCC3=CC(=O)C(C)=C(C)C3=O)c3[n+](cc2c1OC)CCc1cc2c(cc1-3)OCO2. The van der Waals surface area contributed by atoms with Crippen LogP contribution in [0.2, 0.25) is 0 Å². The summed E-state index contributed by atoms with van der Waals surface area (Å²) in [5.41, 5.74) is 15.2. The number of phenolic OH excluding ortho intramolecular Hbond substituents is 2. The molecule has 0 bridgehead atoms. The van der Waals surface area contributed by atoms with Crippen molar-refractivity contribution in [2.75, 3.05) is 34.2 Å². The Morgan fingerprint density at radius 1 is 0.633 bits per heavy atom. The Labute approximate surface area is 579 Å². The lowest BCUT2D eigenvalue weighted by Gasteiger charge is -2.24. The number of hydrogen-bond donors (Lipinski definition) is 2. The molecule has 0 saturated heterocycles. The molecule has 4 heterocycles. The van der Waals surface area contributed by atoms with E-state index in [1.807, 2.05) is 62.4 Å². The van der Waals surface area contributed by atoms with E-state index in [-0.39, 0.29) is 49.9 Å². The molecule has 6 aromatic carbocycles. The average Bonchev–Trinajstić information content (AvgIpc) is 0.909. The van der Waals surface area contributed by atoms with Crippen LogP contribution < -0.4 is 38.7 Å². The van der Waals surface area contributed by atoms with Crippen molar-refractivity contribution < 1.29 is 67.1 Å². The van der Waals surface area contributed by atoms with Crippen molar-refractivity contribution in [2.45, 2.75) is 198 Å². The van der Waals surface area contributed by atoms with Crippen LogP contribution in [0.5, 0.6) is 46.0 Å². The summed E-state index contributed by atoms with van der Waals surface area (Å²) < 4.78 is 43.1. The van der Waals surface area contributed by atoms with E-state index >= 15 is 0 Å². The Kier molecular flexibility index (Phi) is 25.3. The molecule has 518 valence electrons. The number of aromatic nitrogens is 1. The van der Waals surface area contributed by atoms with Crippen molar-refractivity contribution in [1.29, 1.82) is 0 Å². The van der Waals surface area contributed by atoms with Gasteiger partial charge < -0.3 is 43.4 Å². The molecule has 1 aliphatic carbocycles. The second-order valence-electron chi connectivity index (χ2n) is 26.3. The highest BCUT2D eigenvalue weighted by molar-refractivity contribution is 6.22. The summed E-state index contributed by atoms with van der Waals surface area (Å²) in [7, 11) is 3.24. The van der Waals surface area contributed by atoms with E-state index in [9.17, 15) is 29.4 Å². The van der Waals surface area contributed by atoms with Gasteiger partial charge in [-0.15, -0.1) is 0 Å². The molecule has 14 nitrogen and oxygen atoms in total. The number of nitrogens with zero attached hydrogens (tertiary/aromatic N) is 1. The van der Waals surface area contributed by atoms with Crippen LogP contribution in [-0.4, -0.2) is 67.9 Å². The number of phenols is 2. The van der Waals surface area contributed by atoms with E-state index < -0.39 is 0 Å². The Hall–Kier alpha value is -9.17. The maximum absolute atomic E-state index is 13.7. The molecule has 2 N–H and O–H groups in total. The summed E-state index contributed by atoms with van der Waals surface area (Å²) in [4.78, 5) is 51.5. The van der Waals surface area contributed by atoms with Gasteiger partial charge in [-0.2, -0.15) is 4.57 Å². The first kappa shape index (κ1) is 73.1. The zero-order valence-corrected chi connectivity index (χ0v) is 58.5. The Morgan fingerprint density at radius 2 is 1.32 bits per heavy atom. The summed E-state index contributed by atoms with van der Waals surface area (Å²) in [5, 5.41) is 24.4. The van der Waals surface area contributed by atoms with Crippen molar-refractivity contribution in [2.24, 2.45) is 0 Å². The molecule has 1 aromatic heterocycles. The number of ketones is 2. The molecule has 98 heavy (non-hydrogen) atoms. The lowest BCUT2D eigenvalue weighted by Crippen LogP contribution is -2.41. The van der Waals surface area contributed by atoms with Crippen molar-refractivity contribution in [3.63, 3.8) is 0 Å². The quantitative estimate of drug-likeness (QED) is 0.0156. The number of Topliss-reactive ketones (excluding diaryl/α,β-unsaturated/α-hetero) is 1. The number of ether oxygens (including phenoxy) is 7. The number of esters is 2. The van der Waals surface area contributed by atoms with Gasteiger partial charge in [0.1, 0.15) is 23.0 Å². The van der Waals surface area contributed by atoms with Gasteiger partial charge >= 0.3 is 11.9 Å². The van der Waals surface area contributed by atoms with Gasteiger partial charge in [-0.1, -0.05) is 110 Å². The molecular formula is C84H100NO13+. The number of aryl methyl sites for hydroxylation is 6. The lowest BCUT2D eigenvalue weighted by atomic mass is 9.87. The highest BCUT2D eigenvalue weighted by Gasteiger charge is 2.34.